The molecule has 0 amide bonds. The van der Waals surface area contributed by atoms with E-state index in [1.165, 1.54) is 148 Å². The van der Waals surface area contributed by atoms with Crippen LogP contribution in [0.25, 0.3) is 0 Å². The van der Waals surface area contributed by atoms with Crippen LogP contribution in [0.15, 0.2) is 12.2 Å². The van der Waals surface area contributed by atoms with E-state index in [0.29, 0.717) is 6.42 Å². The van der Waals surface area contributed by atoms with E-state index in [2.05, 4.69) is 26.0 Å². The normalized spacial score (nSPS) is 13.3. The van der Waals surface area contributed by atoms with Crippen LogP contribution in [-0.2, 0) is 32.7 Å². The third-order valence-corrected chi connectivity index (χ3v) is 10.9. The molecule has 320 valence electrons. The molecule has 0 saturated heterocycles. The Labute approximate surface area is 332 Å². The summed E-state index contributed by atoms with van der Waals surface area (Å²) in [4.78, 5) is 34.9. The van der Waals surface area contributed by atoms with Crippen molar-refractivity contribution < 1.29 is 37.6 Å². The topological polar surface area (TPSA) is 134 Å². The summed E-state index contributed by atoms with van der Waals surface area (Å²) in [6.07, 6.45) is 42.4. The highest BCUT2D eigenvalue weighted by molar-refractivity contribution is 7.47. The van der Waals surface area contributed by atoms with E-state index in [-0.39, 0.29) is 38.6 Å². The minimum atomic E-state index is -4.37. The second kappa shape index (κ2) is 41.4. The molecule has 0 spiro atoms. The number of esters is 2. The molecule has 0 aromatic rings. The predicted molar refractivity (Wildman–Crippen MR) is 224 cm³/mol. The van der Waals surface area contributed by atoms with Crippen molar-refractivity contribution in [1.29, 1.82) is 0 Å². The second-order valence-corrected chi connectivity index (χ2v) is 16.7. The van der Waals surface area contributed by atoms with Crippen LogP contribution < -0.4 is 5.73 Å². The first-order valence-corrected chi connectivity index (χ1v) is 24.2. The Morgan fingerprint density at radius 1 is 0.537 bits per heavy atom. The van der Waals surface area contributed by atoms with Crippen molar-refractivity contribution in [3.8, 4) is 0 Å². The summed E-state index contributed by atoms with van der Waals surface area (Å²) in [5.74, 6) is -0.821. The zero-order valence-electron chi connectivity index (χ0n) is 35.2. The monoisotopic (exact) mass is 788 g/mol. The minimum absolute atomic E-state index is 0.0556. The van der Waals surface area contributed by atoms with Crippen LogP contribution in [0.3, 0.4) is 0 Å². The summed E-state index contributed by atoms with van der Waals surface area (Å²) in [6, 6.07) is 0. The summed E-state index contributed by atoms with van der Waals surface area (Å²) < 4.78 is 32.8. The molecule has 0 aliphatic carbocycles. The largest absolute Gasteiger partial charge is 0.472 e. The van der Waals surface area contributed by atoms with Gasteiger partial charge in [0, 0.05) is 19.4 Å². The number of phosphoric ester groups is 1. The summed E-state index contributed by atoms with van der Waals surface area (Å²) >= 11 is 0. The fourth-order valence-corrected chi connectivity index (χ4v) is 7.28. The van der Waals surface area contributed by atoms with Crippen molar-refractivity contribution in [3.05, 3.63) is 12.2 Å². The molecule has 2 atom stereocenters. The van der Waals surface area contributed by atoms with Gasteiger partial charge in [0.1, 0.15) is 6.61 Å². The molecule has 9 nitrogen and oxygen atoms in total. The second-order valence-electron chi connectivity index (χ2n) is 15.3. The number of allylic oxidation sites excluding steroid dienone is 2. The van der Waals surface area contributed by atoms with E-state index < -0.39 is 26.5 Å². The summed E-state index contributed by atoms with van der Waals surface area (Å²) in [5, 5.41) is 0. The first kappa shape index (κ1) is 52.8. The zero-order chi connectivity index (χ0) is 39.6. The minimum Gasteiger partial charge on any atom is -0.462 e. The van der Waals surface area contributed by atoms with Crippen LogP contribution >= 0.6 is 7.82 Å². The van der Waals surface area contributed by atoms with Gasteiger partial charge in [-0.15, -0.1) is 0 Å². The van der Waals surface area contributed by atoms with E-state index in [1.54, 1.807) is 0 Å². The average molecular weight is 788 g/mol. The molecule has 0 radical (unpaired) electrons. The maximum atomic E-state index is 12.6. The van der Waals surface area contributed by atoms with Gasteiger partial charge in [0.05, 0.1) is 13.2 Å². The van der Waals surface area contributed by atoms with Crippen molar-refractivity contribution in [2.24, 2.45) is 5.73 Å². The Balaban J connectivity index is 4.10. The smallest absolute Gasteiger partial charge is 0.462 e. The van der Waals surface area contributed by atoms with Crippen LogP contribution in [0.2, 0.25) is 0 Å². The SMILES string of the molecule is CCCCCCCC/C=C\CCCCCCCCCC(=O)O[C@H](COC(=O)CCCCCCCCCCCCCCCCCC)COP(=O)(O)OCCN. The van der Waals surface area contributed by atoms with E-state index in [4.69, 9.17) is 24.3 Å². The van der Waals surface area contributed by atoms with E-state index >= 15 is 0 Å². The molecular formula is C44H86NO8P. The summed E-state index contributed by atoms with van der Waals surface area (Å²) in [6.45, 7) is 3.76. The van der Waals surface area contributed by atoms with Crippen molar-refractivity contribution in [3.63, 3.8) is 0 Å². The lowest BCUT2D eigenvalue weighted by atomic mass is 10.0. The number of nitrogens with two attached hydrogens (primary N) is 1. The molecule has 0 bridgehead atoms. The van der Waals surface area contributed by atoms with Crippen molar-refractivity contribution in [1.82, 2.24) is 0 Å². The van der Waals surface area contributed by atoms with E-state index in [1.807, 2.05) is 0 Å². The molecule has 0 aromatic heterocycles. The number of carbonyl (C=O) groups excluding carboxylic acids is 2. The van der Waals surface area contributed by atoms with Crippen LogP contribution in [0.4, 0.5) is 0 Å². The summed E-state index contributed by atoms with van der Waals surface area (Å²) in [5.41, 5.74) is 5.35. The number of hydrogen-bond donors (Lipinski definition) is 2. The third kappa shape index (κ3) is 40.4. The van der Waals surface area contributed by atoms with Crippen LogP contribution in [0.5, 0.6) is 0 Å². The number of rotatable bonds is 43. The Bertz CT molecular complexity index is 902. The molecule has 0 aliphatic rings. The molecule has 0 saturated carbocycles. The quantitative estimate of drug-likeness (QED) is 0.0268. The van der Waals surface area contributed by atoms with Crippen molar-refractivity contribution >= 4 is 19.8 Å². The molecule has 54 heavy (non-hydrogen) atoms. The zero-order valence-corrected chi connectivity index (χ0v) is 36.1. The van der Waals surface area contributed by atoms with Crippen LogP contribution in [0.1, 0.15) is 226 Å². The van der Waals surface area contributed by atoms with Crippen molar-refractivity contribution in [2.75, 3.05) is 26.4 Å². The molecule has 0 aliphatic heterocycles. The highest BCUT2D eigenvalue weighted by atomic mass is 31.2. The Kier molecular flexibility index (Phi) is 40.4. The lowest BCUT2D eigenvalue weighted by Gasteiger charge is -2.19. The third-order valence-electron chi connectivity index (χ3n) is 9.90. The number of phosphoric acid groups is 1. The first-order chi connectivity index (χ1) is 26.3. The lowest BCUT2D eigenvalue weighted by Crippen LogP contribution is -2.29. The standard InChI is InChI=1S/C44H86NO8P/c1-3-5-7-9-11-13-15-17-19-21-23-25-27-29-31-33-35-37-44(47)53-42(41-52-54(48,49)51-39-38-45)40-50-43(46)36-34-32-30-28-26-24-22-20-18-16-14-12-10-8-6-4-2/h17,19,42H,3-16,18,20-41,45H2,1-2H3,(H,48,49)/b19-17-/t42-/m1/s1. The predicted octanol–water partition coefficient (Wildman–Crippen LogP) is 13.0. The van der Waals surface area contributed by atoms with E-state index in [9.17, 15) is 19.0 Å². The molecule has 0 aromatic carbocycles. The van der Waals surface area contributed by atoms with Gasteiger partial charge in [0.15, 0.2) is 6.10 Å². The van der Waals surface area contributed by atoms with Gasteiger partial charge in [-0.2, -0.15) is 0 Å². The maximum Gasteiger partial charge on any atom is 0.472 e. The van der Waals surface area contributed by atoms with Gasteiger partial charge in [-0.25, -0.2) is 4.57 Å². The number of hydrogen-bond acceptors (Lipinski definition) is 8. The molecule has 0 heterocycles. The van der Waals surface area contributed by atoms with E-state index in [0.717, 1.165) is 44.9 Å². The van der Waals surface area contributed by atoms with Crippen LogP contribution in [0, 0.1) is 0 Å². The highest BCUT2D eigenvalue weighted by Crippen LogP contribution is 2.43. The molecule has 0 rings (SSSR count). The Morgan fingerprint density at radius 3 is 1.31 bits per heavy atom. The molecular weight excluding hydrogens is 701 g/mol. The average Bonchev–Trinajstić information content (AvgIpc) is 3.16. The molecule has 3 N–H and O–H groups in total. The van der Waals surface area contributed by atoms with Gasteiger partial charge < -0.3 is 20.1 Å². The first-order valence-electron chi connectivity index (χ1n) is 22.7. The molecule has 1 unspecified atom stereocenters. The van der Waals surface area contributed by atoms with Gasteiger partial charge in [-0.05, 0) is 38.5 Å². The maximum absolute atomic E-state index is 12.6. The molecule has 10 heteroatoms. The Morgan fingerprint density at radius 2 is 0.907 bits per heavy atom. The van der Waals surface area contributed by atoms with Gasteiger partial charge in [0.25, 0.3) is 0 Å². The van der Waals surface area contributed by atoms with Gasteiger partial charge in [-0.1, -0.05) is 187 Å². The number of ether oxygens (including phenoxy) is 2. The number of unbranched alkanes of at least 4 members (excludes halogenated alkanes) is 28. The fraction of sp³-hybridized carbons (Fsp3) is 0.909. The van der Waals surface area contributed by atoms with Gasteiger partial charge in [0.2, 0.25) is 0 Å². The van der Waals surface area contributed by atoms with Crippen molar-refractivity contribution in [2.45, 2.75) is 232 Å². The van der Waals surface area contributed by atoms with Crippen LogP contribution in [-0.4, -0.2) is 49.3 Å². The van der Waals surface area contributed by atoms with Gasteiger partial charge in [-0.3, -0.25) is 18.6 Å². The Hall–Kier alpha value is -1.25. The van der Waals surface area contributed by atoms with Gasteiger partial charge >= 0.3 is 19.8 Å². The summed E-state index contributed by atoms with van der Waals surface area (Å²) in [7, 11) is -4.37. The molecule has 0 fully saturated rings. The fourth-order valence-electron chi connectivity index (χ4n) is 6.51. The lowest BCUT2D eigenvalue weighted by molar-refractivity contribution is -0.161. The highest BCUT2D eigenvalue weighted by Gasteiger charge is 2.26. The number of carbonyl (C=O) groups is 2.